The molecule has 0 saturated carbocycles. The molecule has 0 bridgehead atoms. The fraction of sp³-hybridized carbons (Fsp3) is 0.150. The number of fused-ring (bicyclic) bond motifs is 1. The van der Waals surface area contributed by atoms with Crippen LogP contribution in [0, 0.1) is 11.6 Å². The van der Waals surface area contributed by atoms with Crippen LogP contribution in [-0.4, -0.2) is 22.3 Å². The Labute approximate surface area is 179 Å². The number of carbonyl (C=O) groups excluding carboxylic acids is 1. The molecule has 1 aliphatic rings. The van der Waals surface area contributed by atoms with Crippen LogP contribution in [0.2, 0.25) is 5.02 Å². The van der Waals surface area contributed by atoms with Crippen molar-refractivity contribution >= 4 is 29.0 Å². The van der Waals surface area contributed by atoms with Crippen LogP contribution in [0.25, 0.3) is 0 Å². The summed E-state index contributed by atoms with van der Waals surface area (Å²) in [6.45, 7) is 0.128. The fourth-order valence-electron chi connectivity index (χ4n) is 3.14. The van der Waals surface area contributed by atoms with Crippen molar-refractivity contribution in [2.75, 3.05) is 16.9 Å². The highest BCUT2D eigenvalue weighted by Gasteiger charge is 2.23. The number of hydrogen-bond acceptors (Lipinski definition) is 5. The van der Waals surface area contributed by atoms with Gasteiger partial charge in [-0.25, -0.2) is 18.6 Å². The first-order valence-corrected chi connectivity index (χ1v) is 9.46. The summed E-state index contributed by atoms with van der Waals surface area (Å²) >= 11 is 6.10. The van der Waals surface area contributed by atoms with Crippen LogP contribution in [-0.2, 0) is 13.2 Å². The summed E-state index contributed by atoms with van der Waals surface area (Å²) < 4.78 is 33.3. The van der Waals surface area contributed by atoms with Gasteiger partial charge in [0.15, 0.2) is 5.02 Å². The van der Waals surface area contributed by atoms with E-state index in [1.54, 1.807) is 18.2 Å². The number of primary amides is 1. The molecule has 4 rings (SSSR count). The summed E-state index contributed by atoms with van der Waals surface area (Å²) in [7, 11) is 0. The maximum atomic E-state index is 13.7. The van der Waals surface area contributed by atoms with E-state index in [4.69, 9.17) is 22.1 Å². The number of urea groups is 1. The maximum Gasteiger partial charge on any atom is 0.320 e. The number of carbonyl (C=O) groups is 1. The Morgan fingerprint density at radius 1 is 1.26 bits per heavy atom. The average molecular weight is 448 g/mol. The summed E-state index contributed by atoms with van der Waals surface area (Å²) in [5.74, 6) is -1.65. The van der Waals surface area contributed by atoms with Crippen LogP contribution < -0.4 is 26.2 Å². The van der Waals surface area contributed by atoms with Crippen molar-refractivity contribution in [2.24, 2.45) is 5.73 Å². The molecule has 0 aliphatic carbocycles. The first kappa shape index (κ1) is 20.6. The minimum absolute atomic E-state index is 0.0919. The van der Waals surface area contributed by atoms with Crippen molar-refractivity contribution in [2.45, 2.75) is 13.2 Å². The molecule has 3 aromatic rings. The van der Waals surface area contributed by atoms with Crippen LogP contribution in [0.4, 0.5) is 25.0 Å². The molecule has 0 fully saturated rings. The van der Waals surface area contributed by atoms with Crippen molar-refractivity contribution in [3.63, 3.8) is 0 Å². The number of halogens is 3. The van der Waals surface area contributed by atoms with Gasteiger partial charge in [0.2, 0.25) is 5.88 Å². The maximum absolute atomic E-state index is 13.7. The lowest BCUT2D eigenvalue weighted by Gasteiger charge is -2.14. The molecule has 3 N–H and O–H groups in total. The van der Waals surface area contributed by atoms with Crippen LogP contribution in [0.1, 0.15) is 11.1 Å². The second-order valence-corrected chi connectivity index (χ2v) is 7.15. The lowest BCUT2D eigenvalue weighted by Crippen LogP contribution is -2.35. The van der Waals surface area contributed by atoms with Crippen LogP contribution in [0.5, 0.6) is 5.88 Å². The van der Waals surface area contributed by atoms with Crippen LogP contribution >= 0.6 is 11.6 Å². The van der Waals surface area contributed by atoms with E-state index in [2.05, 4.69) is 10.3 Å². The number of hydrogen-bond donors (Lipinski definition) is 2. The van der Waals surface area contributed by atoms with E-state index in [0.29, 0.717) is 5.69 Å². The molecule has 160 valence electrons. The van der Waals surface area contributed by atoms with Gasteiger partial charge in [-0.05, 0) is 29.8 Å². The Bertz CT molecular complexity index is 1230. The van der Waals surface area contributed by atoms with Crippen molar-refractivity contribution in [3.05, 3.63) is 80.9 Å². The zero-order valence-electron chi connectivity index (χ0n) is 15.9. The molecule has 2 heterocycles. The summed E-state index contributed by atoms with van der Waals surface area (Å²) in [5, 5.41) is 2.77. The summed E-state index contributed by atoms with van der Waals surface area (Å²) in [6.07, 6.45) is 1.25. The topological polar surface area (TPSA) is 102 Å². The summed E-state index contributed by atoms with van der Waals surface area (Å²) in [6, 6.07) is 7.78. The molecule has 0 atom stereocenters. The third-order valence-corrected chi connectivity index (χ3v) is 5.05. The van der Waals surface area contributed by atoms with Crippen molar-refractivity contribution < 1.29 is 18.3 Å². The molecule has 0 spiro atoms. The van der Waals surface area contributed by atoms with E-state index < -0.39 is 23.2 Å². The number of rotatable bonds is 5. The molecular weight excluding hydrogens is 432 g/mol. The van der Waals surface area contributed by atoms with Crippen molar-refractivity contribution in [1.82, 2.24) is 9.55 Å². The monoisotopic (exact) mass is 447 g/mol. The normalized spacial score (nSPS) is 12.4. The highest BCUT2D eigenvalue weighted by atomic mass is 35.5. The Morgan fingerprint density at radius 2 is 2.06 bits per heavy atom. The van der Waals surface area contributed by atoms with Crippen molar-refractivity contribution in [3.8, 4) is 5.88 Å². The van der Waals surface area contributed by atoms with Crippen molar-refractivity contribution in [1.29, 1.82) is 0 Å². The zero-order chi connectivity index (χ0) is 22.1. The number of nitrogens with one attached hydrogen (secondary N) is 1. The first-order chi connectivity index (χ1) is 14.8. The predicted octanol–water partition coefficient (Wildman–Crippen LogP) is 3.07. The molecule has 0 unspecified atom stereocenters. The van der Waals surface area contributed by atoms with Gasteiger partial charge >= 0.3 is 6.03 Å². The Hall–Kier alpha value is -3.66. The zero-order valence-corrected chi connectivity index (χ0v) is 16.7. The molecule has 1 aliphatic heterocycles. The van der Waals surface area contributed by atoms with Gasteiger partial charge < -0.3 is 15.8 Å². The Balaban J connectivity index is 1.52. The minimum Gasteiger partial charge on any atom is -0.471 e. The second-order valence-electron chi connectivity index (χ2n) is 6.77. The number of aromatic nitrogens is 2. The van der Waals surface area contributed by atoms with E-state index in [1.165, 1.54) is 21.9 Å². The largest absolute Gasteiger partial charge is 0.471 e. The number of amides is 2. The lowest BCUT2D eigenvalue weighted by molar-refractivity contribution is 0.254. The van der Waals surface area contributed by atoms with E-state index >= 15 is 0 Å². The van der Waals surface area contributed by atoms with Crippen LogP contribution in [0.3, 0.4) is 0 Å². The van der Waals surface area contributed by atoms with Gasteiger partial charge in [0, 0.05) is 11.6 Å². The first-order valence-electron chi connectivity index (χ1n) is 9.09. The highest BCUT2D eigenvalue weighted by Crippen LogP contribution is 2.32. The SMILES string of the molecule is NC(=O)N1CNc2ccc(Cn3cnc(OCc4ccc(F)cc4F)c(Cl)c3=O)cc21. The van der Waals surface area contributed by atoms with Crippen LogP contribution in [0.15, 0.2) is 47.5 Å². The van der Waals surface area contributed by atoms with Gasteiger partial charge in [0.25, 0.3) is 5.56 Å². The summed E-state index contributed by atoms with van der Waals surface area (Å²) in [4.78, 5) is 29.6. The van der Waals surface area contributed by atoms with Gasteiger partial charge in [-0.1, -0.05) is 17.7 Å². The van der Waals surface area contributed by atoms with E-state index in [1.807, 2.05) is 0 Å². The van der Waals surface area contributed by atoms with Gasteiger partial charge in [-0.3, -0.25) is 14.3 Å². The third kappa shape index (κ3) is 4.15. The standard InChI is InChI=1S/C20H16ClF2N5O3/c21-17-18(31-8-12-2-3-13(22)6-14(12)23)26-9-27(19(17)29)7-11-1-4-15-16(5-11)28(10-25-15)20(24)30/h1-6,9,25H,7-8,10H2,(H2,24,30). The highest BCUT2D eigenvalue weighted by molar-refractivity contribution is 6.31. The van der Waals surface area contributed by atoms with Gasteiger partial charge in [-0.2, -0.15) is 0 Å². The van der Waals surface area contributed by atoms with E-state index in [0.717, 1.165) is 23.4 Å². The molecule has 0 saturated heterocycles. The lowest BCUT2D eigenvalue weighted by atomic mass is 10.1. The van der Waals surface area contributed by atoms with Gasteiger partial charge in [-0.15, -0.1) is 0 Å². The number of anilines is 2. The number of benzene rings is 2. The smallest absolute Gasteiger partial charge is 0.320 e. The quantitative estimate of drug-likeness (QED) is 0.625. The third-order valence-electron chi connectivity index (χ3n) is 4.73. The molecule has 11 heteroatoms. The van der Waals surface area contributed by atoms with E-state index in [9.17, 15) is 18.4 Å². The molecule has 2 amide bonds. The molecule has 8 nitrogen and oxygen atoms in total. The molecule has 1 aromatic heterocycles. The number of ether oxygens (including phenoxy) is 1. The molecule has 0 radical (unpaired) electrons. The molecule has 2 aromatic carbocycles. The molecular formula is C20H16ClF2N5O3. The summed E-state index contributed by atoms with van der Waals surface area (Å²) in [5.41, 5.74) is 6.99. The fourth-order valence-corrected chi connectivity index (χ4v) is 3.35. The Morgan fingerprint density at radius 3 is 2.81 bits per heavy atom. The Kier molecular flexibility index (Phi) is 5.47. The minimum atomic E-state index is -0.777. The van der Waals surface area contributed by atoms with E-state index in [-0.39, 0.29) is 36.3 Å². The van der Waals surface area contributed by atoms with Gasteiger partial charge in [0.1, 0.15) is 24.6 Å². The van der Waals surface area contributed by atoms with Gasteiger partial charge in [0.05, 0.1) is 24.6 Å². The average Bonchev–Trinajstić information content (AvgIpc) is 3.15. The molecule has 31 heavy (non-hydrogen) atoms. The second kappa shape index (κ2) is 8.23. The number of nitrogens with zero attached hydrogens (tertiary/aromatic N) is 3. The predicted molar refractivity (Wildman–Crippen MR) is 110 cm³/mol. The number of nitrogens with two attached hydrogens (primary N) is 1.